The molecule has 0 aliphatic heterocycles. The van der Waals surface area contributed by atoms with Gasteiger partial charge in [-0.05, 0) is 24.6 Å². The number of amides is 1. The molecule has 4 aromatic rings. The maximum absolute atomic E-state index is 13.8. The third-order valence-electron chi connectivity index (χ3n) is 4.31. The highest BCUT2D eigenvalue weighted by Crippen LogP contribution is 2.34. The number of nitrogens with zero attached hydrogens (tertiary/aromatic N) is 7. The highest BCUT2D eigenvalue weighted by molar-refractivity contribution is 6.32. The van der Waals surface area contributed by atoms with Crippen LogP contribution in [0.3, 0.4) is 0 Å². The van der Waals surface area contributed by atoms with Crippen LogP contribution >= 0.6 is 11.6 Å². The van der Waals surface area contributed by atoms with Crippen LogP contribution in [0, 0.1) is 6.92 Å². The van der Waals surface area contributed by atoms with Crippen molar-refractivity contribution in [3.63, 3.8) is 0 Å². The monoisotopic (exact) mass is 463 g/mol. The van der Waals surface area contributed by atoms with Crippen LogP contribution in [0.4, 0.5) is 24.7 Å². The molecule has 0 aromatic carbocycles. The molecular weight excluding hydrogens is 451 g/mol. The number of nitrogen functional groups attached to an aromatic ring is 1. The maximum Gasteiger partial charge on any atom is 0.434 e. The van der Waals surface area contributed by atoms with Crippen molar-refractivity contribution in [1.82, 2.24) is 34.7 Å². The molecule has 4 aromatic heterocycles. The molecule has 4 rings (SSSR count). The molecule has 0 saturated carbocycles. The Morgan fingerprint density at radius 1 is 1.16 bits per heavy atom. The molecule has 3 N–H and O–H groups in total. The van der Waals surface area contributed by atoms with Gasteiger partial charge in [0.1, 0.15) is 5.82 Å². The second-order valence-electron chi connectivity index (χ2n) is 6.49. The van der Waals surface area contributed by atoms with Gasteiger partial charge in [-0.15, -0.1) is 4.80 Å². The third-order valence-corrected chi connectivity index (χ3v) is 4.59. The molecule has 14 heteroatoms. The van der Waals surface area contributed by atoms with Crippen LogP contribution in [0.25, 0.3) is 11.6 Å². The zero-order valence-corrected chi connectivity index (χ0v) is 16.9. The summed E-state index contributed by atoms with van der Waals surface area (Å²) in [5, 5.41) is 13.9. The Hall–Kier alpha value is -4.00. The number of alkyl halides is 3. The fourth-order valence-electron chi connectivity index (χ4n) is 2.78. The standard InChI is InChI=1S/C18H13ClF3N9O/c1-9-2-3-13(29-15(9)23)30-14(18(20,21)22)11(8-27-30)17(32)28-10-6-12(19)16(24-7-10)31-25-4-5-26-31/h2-8H,1H3,(H2,23,29)(H,28,32). The average molecular weight is 464 g/mol. The molecule has 0 unspecified atom stereocenters. The molecule has 0 spiro atoms. The number of rotatable bonds is 4. The van der Waals surface area contributed by atoms with Gasteiger partial charge in [-0.1, -0.05) is 17.7 Å². The topological polar surface area (TPSA) is 129 Å². The zero-order valence-electron chi connectivity index (χ0n) is 16.2. The first-order valence-electron chi connectivity index (χ1n) is 8.87. The Kier molecular flexibility index (Phi) is 5.26. The van der Waals surface area contributed by atoms with Crippen molar-refractivity contribution in [2.24, 2.45) is 0 Å². The molecule has 0 aliphatic carbocycles. The molecule has 0 bridgehead atoms. The Bertz CT molecular complexity index is 1300. The first kappa shape index (κ1) is 21.2. The van der Waals surface area contributed by atoms with Gasteiger partial charge in [-0.25, -0.2) is 14.6 Å². The Morgan fingerprint density at radius 2 is 1.88 bits per heavy atom. The number of nitrogens with two attached hydrogens (primary N) is 1. The van der Waals surface area contributed by atoms with E-state index in [2.05, 4.69) is 30.6 Å². The highest BCUT2D eigenvalue weighted by Gasteiger charge is 2.41. The Labute approximate surface area is 182 Å². The molecule has 1 amide bonds. The van der Waals surface area contributed by atoms with Gasteiger partial charge in [-0.2, -0.15) is 28.5 Å². The van der Waals surface area contributed by atoms with E-state index in [1.165, 1.54) is 36.8 Å². The van der Waals surface area contributed by atoms with Crippen LogP contribution in [-0.2, 0) is 6.18 Å². The molecule has 0 radical (unpaired) electrons. The number of hydrogen-bond acceptors (Lipinski definition) is 7. The second kappa shape index (κ2) is 7.92. The number of anilines is 2. The van der Waals surface area contributed by atoms with Gasteiger partial charge in [0.2, 0.25) is 0 Å². The van der Waals surface area contributed by atoms with Crippen LogP contribution < -0.4 is 11.1 Å². The summed E-state index contributed by atoms with van der Waals surface area (Å²) in [5.41, 5.74) is 4.34. The van der Waals surface area contributed by atoms with Gasteiger partial charge < -0.3 is 11.1 Å². The van der Waals surface area contributed by atoms with E-state index in [9.17, 15) is 18.0 Å². The first-order chi connectivity index (χ1) is 15.1. The van der Waals surface area contributed by atoms with Gasteiger partial charge in [0.25, 0.3) is 5.91 Å². The smallest absolute Gasteiger partial charge is 0.383 e. The van der Waals surface area contributed by atoms with E-state index in [-0.39, 0.29) is 28.2 Å². The minimum Gasteiger partial charge on any atom is -0.383 e. The van der Waals surface area contributed by atoms with Crippen LogP contribution in [0.5, 0.6) is 0 Å². The maximum atomic E-state index is 13.8. The summed E-state index contributed by atoms with van der Waals surface area (Å²) in [4.78, 5) is 21.8. The van der Waals surface area contributed by atoms with E-state index in [1.54, 1.807) is 6.92 Å². The van der Waals surface area contributed by atoms with Crippen molar-refractivity contribution < 1.29 is 18.0 Å². The summed E-state index contributed by atoms with van der Waals surface area (Å²) >= 11 is 6.13. The summed E-state index contributed by atoms with van der Waals surface area (Å²) in [6.45, 7) is 1.66. The van der Waals surface area contributed by atoms with E-state index in [0.717, 1.165) is 11.0 Å². The lowest BCUT2D eigenvalue weighted by Gasteiger charge is -2.13. The predicted molar refractivity (Wildman–Crippen MR) is 108 cm³/mol. The number of carbonyl (C=O) groups excluding carboxylic acids is 1. The third kappa shape index (κ3) is 3.97. The number of aryl methyl sites for hydroxylation is 1. The number of nitrogens with one attached hydrogen (secondary N) is 1. The quantitative estimate of drug-likeness (QED) is 0.475. The largest absolute Gasteiger partial charge is 0.434 e. The van der Waals surface area contributed by atoms with Crippen LogP contribution in [0.1, 0.15) is 21.6 Å². The Balaban J connectivity index is 1.68. The van der Waals surface area contributed by atoms with E-state index in [0.29, 0.717) is 10.2 Å². The molecule has 164 valence electrons. The average Bonchev–Trinajstić information content (AvgIpc) is 3.40. The van der Waals surface area contributed by atoms with Crippen molar-refractivity contribution in [1.29, 1.82) is 0 Å². The molecule has 10 nitrogen and oxygen atoms in total. The van der Waals surface area contributed by atoms with Crippen molar-refractivity contribution in [3.05, 3.63) is 64.8 Å². The van der Waals surface area contributed by atoms with Gasteiger partial charge in [0, 0.05) is 0 Å². The van der Waals surface area contributed by atoms with E-state index < -0.39 is 23.3 Å². The number of pyridine rings is 2. The number of carbonyl (C=O) groups is 1. The van der Waals surface area contributed by atoms with Gasteiger partial charge in [-0.3, -0.25) is 4.79 Å². The summed E-state index contributed by atoms with van der Waals surface area (Å²) in [6.07, 6.45) is -0.0631. The molecule has 0 aliphatic rings. The second-order valence-corrected chi connectivity index (χ2v) is 6.90. The predicted octanol–water partition coefficient (Wildman–Crippen LogP) is 3.06. The fourth-order valence-corrected chi connectivity index (χ4v) is 3.02. The van der Waals surface area contributed by atoms with Crippen LogP contribution in [0.15, 0.2) is 43.0 Å². The summed E-state index contributed by atoms with van der Waals surface area (Å²) in [7, 11) is 0. The van der Waals surface area contributed by atoms with Crippen molar-refractivity contribution in [2.45, 2.75) is 13.1 Å². The molecule has 32 heavy (non-hydrogen) atoms. The number of hydrogen-bond donors (Lipinski definition) is 2. The highest BCUT2D eigenvalue weighted by atomic mass is 35.5. The summed E-state index contributed by atoms with van der Waals surface area (Å²) < 4.78 is 42.0. The summed E-state index contributed by atoms with van der Waals surface area (Å²) in [6, 6.07) is 4.13. The van der Waals surface area contributed by atoms with Crippen LogP contribution in [-0.4, -0.2) is 40.6 Å². The normalized spacial score (nSPS) is 11.5. The number of halogens is 4. The van der Waals surface area contributed by atoms with Crippen molar-refractivity contribution in [2.75, 3.05) is 11.1 Å². The van der Waals surface area contributed by atoms with Crippen LogP contribution in [0.2, 0.25) is 5.02 Å². The molecule has 4 heterocycles. The fraction of sp³-hybridized carbons (Fsp3) is 0.111. The zero-order chi connectivity index (χ0) is 23.0. The lowest BCUT2D eigenvalue weighted by Crippen LogP contribution is -2.21. The van der Waals surface area contributed by atoms with E-state index >= 15 is 0 Å². The first-order valence-corrected chi connectivity index (χ1v) is 9.25. The van der Waals surface area contributed by atoms with Crippen molar-refractivity contribution in [3.8, 4) is 11.6 Å². The van der Waals surface area contributed by atoms with E-state index in [4.69, 9.17) is 17.3 Å². The molecule has 0 fully saturated rings. The van der Waals surface area contributed by atoms with Gasteiger partial charge in [0.15, 0.2) is 17.3 Å². The van der Waals surface area contributed by atoms with E-state index in [1.807, 2.05) is 0 Å². The van der Waals surface area contributed by atoms with Crippen molar-refractivity contribution >= 4 is 29.0 Å². The molecular formula is C18H13ClF3N9O. The lowest BCUT2D eigenvalue weighted by molar-refractivity contribution is -0.143. The number of aromatic nitrogens is 7. The molecule has 0 atom stereocenters. The Morgan fingerprint density at radius 3 is 2.50 bits per heavy atom. The minimum absolute atomic E-state index is 0.0459. The lowest BCUT2D eigenvalue weighted by atomic mass is 10.2. The minimum atomic E-state index is -4.91. The molecule has 0 saturated heterocycles. The SMILES string of the molecule is Cc1ccc(-n2ncc(C(=O)Nc3cnc(-n4nccn4)c(Cl)c3)c2C(F)(F)F)nc1N. The summed E-state index contributed by atoms with van der Waals surface area (Å²) in [5.74, 6) is -1.02. The van der Waals surface area contributed by atoms with Gasteiger partial charge in [0.05, 0.1) is 41.1 Å². The van der Waals surface area contributed by atoms with Gasteiger partial charge >= 0.3 is 6.18 Å².